The van der Waals surface area contributed by atoms with Crippen LogP contribution in [0.4, 0.5) is 0 Å². The lowest BCUT2D eigenvalue weighted by Gasteiger charge is -2.35. The highest BCUT2D eigenvalue weighted by molar-refractivity contribution is 6.04. The quantitative estimate of drug-likeness (QED) is 0.811. The first-order chi connectivity index (χ1) is 10.8. The maximum absolute atomic E-state index is 12.8. The molecule has 0 saturated carbocycles. The largest absolute Gasteiger partial charge is 0.328 e. The molecular formula is C19H19NO2. The molecule has 1 atom stereocenters. The molecule has 0 aromatic heterocycles. The van der Waals surface area contributed by atoms with Crippen LogP contribution in [0.2, 0.25) is 0 Å². The third-order valence-corrected chi connectivity index (χ3v) is 4.15. The van der Waals surface area contributed by atoms with Crippen LogP contribution in [0.25, 0.3) is 0 Å². The molecule has 1 saturated heterocycles. The lowest BCUT2D eigenvalue weighted by Crippen LogP contribution is -2.48. The molecule has 0 bridgehead atoms. The molecule has 3 heteroatoms. The minimum absolute atomic E-state index is 0.0459. The smallest absolute Gasteiger partial charge is 0.254 e. The van der Waals surface area contributed by atoms with Crippen LogP contribution in [-0.2, 0) is 0 Å². The summed E-state index contributed by atoms with van der Waals surface area (Å²) >= 11 is 0. The number of carbonyl (C=O) groups is 2. The lowest BCUT2D eigenvalue weighted by molar-refractivity contribution is 0.0548. The Morgan fingerprint density at radius 3 is 2.05 bits per heavy atom. The molecule has 22 heavy (non-hydrogen) atoms. The van der Waals surface area contributed by atoms with E-state index < -0.39 is 0 Å². The number of likely N-dealkylation sites (tertiary alicyclic amines) is 1. The maximum Gasteiger partial charge on any atom is 0.254 e. The van der Waals surface area contributed by atoms with Crippen molar-refractivity contribution < 1.29 is 9.59 Å². The van der Waals surface area contributed by atoms with Crippen LogP contribution in [0.15, 0.2) is 60.7 Å². The number of hydrogen-bond acceptors (Lipinski definition) is 2. The molecule has 3 nitrogen and oxygen atoms in total. The second-order valence-electron chi connectivity index (χ2n) is 5.61. The van der Waals surface area contributed by atoms with Gasteiger partial charge < -0.3 is 4.90 Å². The van der Waals surface area contributed by atoms with Gasteiger partial charge in [0.25, 0.3) is 5.91 Å². The van der Waals surface area contributed by atoms with Crippen LogP contribution in [0.3, 0.4) is 0 Å². The van der Waals surface area contributed by atoms with E-state index in [-0.39, 0.29) is 17.7 Å². The van der Waals surface area contributed by atoms with Crippen LogP contribution in [-0.4, -0.2) is 29.2 Å². The molecule has 1 aliphatic heterocycles. The fourth-order valence-electron chi connectivity index (χ4n) is 2.99. The Kier molecular flexibility index (Phi) is 4.33. The van der Waals surface area contributed by atoms with Crippen molar-refractivity contribution >= 4 is 11.7 Å². The second kappa shape index (κ2) is 6.56. The van der Waals surface area contributed by atoms with Gasteiger partial charge in [0.15, 0.2) is 5.78 Å². The molecule has 0 radical (unpaired) electrons. The van der Waals surface area contributed by atoms with Gasteiger partial charge in [-0.15, -0.1) is 0 Å². The molecular weight excluding hydrogens is 274 g/mol. The zero-order valence-electron chi connectivity index (χ0n) is 12.4. The average molecular weight is 293 g/mol. The number of benzene rings is 2. The molecule has 2 aromatic carbocycles. The summed E-state index contributed by atoms with van der Waals surface area (Å²) in [5.41, 5.74) is 1.33. The van der Waals surface area contributed by atoms with Crippen molar-refractivity contribution in [3.05, 3.63) is 71.8 Å². The SMILES string of the molecule is O=C(c1ccccc1)[C@@H]1CCCCN1C(=O)c1ccccc1. The van der Waals surface area contributed by atoms with E-state index in [9.17, 15) is 9.59 Å². The number of Topliss-reactive ketones (excluding diaryl/α,β-unsaturated/α-hetero) is 1. The second-order valence-corrected chi connectivity index (χ2v) is 5.61. The first-order valence-electron chi connectivity index (χ1n) is 7.72. The van der Waals surface area contributed by atoms with E-state index >= 15 is 0 Å². The van der Waals surface area contributed by atoms with Crippen molar-refractivity contribution in [1.82, 2.24) is 4.90 Å². The van der Waals surface area contributed by atoms with E-state index in [0.717, 1.165) is 19.3 Å². The Bertz CT molecular complexity index is 592. The van der Waals surface area contributed by atoms with Gasteiger partial charge in [-0.1, -0.05) is 48.5 Å². The summed E-state index contributed by atoms with van der Waals surface area (Å²) in [7, 11) is 0. The Hall–Kier alpha value is -2.42. The number of piperidine rings is 1. The van der Waals surface area contributed by atoms with Gasteiger partial charge in [-0.05, 0) is 31.4 Å². The van der Waals surface area contributed by atoms with E-state index in [1.807, 2.05) is 48.5 Å². The van der Waals surface area contributed by atoms with E-state index in [1.165, 1.54) is 0 Å². The summed E-state index contributed by atoms with van der Waals surface area (Å²) in [5.74, 6) is -0.000776. The number of rotatable bonds is 3. The van der Waals surface area contributed by atoms with E-state index in [0.29, 0.717) is 17.7 Å². The summed E-state index contributed by atoms with van der Waals surface area (Å²) in [4.78, 5) is 27.2. The summed E-state index contributed by atoms with van der Waals surface area (Å²) in [5, 5.41) is 0. The zero-order valence-corrected chi connectivity index (χ0v) is 12.4. The van der Waals surface area contributed by atoms with E-state index in [4.69, 9.17) is 0 Å². The Morgan fingerprint density at radius 2 is 1.41 bits per heavy atom. The van der Waals surface area contributed by atoms with Crippen molar-refractivity contribution in [2.24, 2.45) is 0 Å². The van der Waals surface area contributed by atoms with Gasteiger partial charge in [0.2, 0.25) is 0 Å². The van der Waals surface area contributed by atoms with Crippen molar-refractivity contribution in [3.8, 4) is 0 Å². The Labute approximate surface area is 130 Å². The third-order valence-electron chi connectivity index (χ3n) is 4.15. The fourth-order valence-corrected chi connectivity index (χ4v) is 2.99. The van der Waals surface area contributed by atoms with Gasteiger partial charge in [0, 0.05) is 17.7 Å². The first kappa shape index (κ1) is 14.5. The van der Waals surface area contributed by atoms with Crippen molar-refractivity contribution in [1.29, 1.82) is 0 Å². The van der Waals surface area contributed by atoms with Gasteiger partial charge >= 0.3 is 0 Å². The lowest BCUT2D eigenvalue weighted by atomic mass is 9.93. The van der Waals surface area contributed by atoms with Crippen molar-refractivity contribution in [2.45, 2.75) is 25.3 Å². The molecule has 112 valence electrons. The van der Waals surface area contributed by atoms with Gasteiger partial charge in [0.1, 0.15) is 0 Å². The van der Waals surface area contributed by atoms with Crippen LogP contribution in [0, 0.1) is 0 Å². The predicted octanol–water partition coefficient (Wildman–Crippen LogP) is 3.56. The van der Waals surface area contributed by atoms with Gasteiger partial charge in [-0.2, -0.15) is 0 Å². The highest BCUT2D eigenvalue weighted by Crippen LogP contribution is 2.23. The molecule has 0 unspecified atom stereocenters. The highest BCUT2D eigenvalue weighted by atomic mass is 16.2. The van der Waals surface area contributed by atoms with Crippen molar-refractivity contribution in [3.63, 3.8) is 0 Å². The summed E-state index contributed by atoms with van der Waals surface area (Å²) in [6.07, 6.45) is 2.69. The van der Waals surface area contributed by atoms with Gasteiger partial charge in [-0.25, -0.2) is 0 Å². The molecule has 0 spiro atoms. The average Bonchev–Trinajstić information content (AvgIpc) is 2.62. The van der Waals surface area contributed by atoms with Gasteiger partial charge in [0.05, 0.1) is 6.04 Å². The number of ketones is 1. The summed E-state index contributed by atoms with van der Waals surface area (Å²) in [6, 6.07) is 18.1. The zero-order chi connectivity index (χ0) is 15.4. The molecule has 0 N–H and O–H groups in total. The Balaban J connectivity index is 1.86. The molecule has 0 aliphatic carbocycles. The number of amides is 1. The molecule has 3 rings (SSSR count). The number of carbonyl (C=O) groups excluding carboxylic acids is 2. The third kappa shape index (κ3) is 2.93. The molecule has 1 aliphatic rings. The molecule has 1 amide bonds. The van der Waals surface area contributed by atoms with Crippen LogP contribution < -0.4 is 0 Å². The summed E-state index contributed by atoms with van der Waals surface area (Å²) in [6.45, 7) is 0.650. The minimum Gasteiger partial charge on any atom is -0.328 e. The van der Waals surface area contributed by atoms with Gasteiger partial charge in [-0.3, -0.25) is 9.59 Å². The number of hydrogen-bond donors (Lipinski definition) is 0. The van der Waals surface area contributed by atoms with Crippen LogP contribution >= 0.6 is 0 Å². The molecule has 1 fully saturated rings. The fraction of sp³-hybridized carbons (Fsp3) is 0.263. The van der Waals surface area contributed by atoms with Crippen molar-refractivity contribution in [2.75, 3.05) is 6.54 Å². The Morgan fingerprint density at radius 1 is 0.818 bits per heavy atom. The van der Waals surface area contributed by atoms with Crippen LogP contribution in [0.1, 0.15) is 40.0 Å². The topological polar surface area (TPSA) is 37.4 Å². The molecule has 2 aromatic rings. The highest BCUT2D eigenvalue weighted by Gasteiger charge is 2.32. The molecule has 1 heterocycles. The number of nitrogens with zero attached hydrogens (tertiary/aromatic N) is 1. The normalized spacial score (nSPS) is 18.0. The summed E-state index contributed by atoms with van der Waals surface area (Å²) < 4.78 is 0. The van der Waals surface area contributed by atoms with Crippen LogP contribution in [0.5, 0.6) is 0 Å². The monoisotopic (exact) mass is 293 g/mol. The predicted molar refractivity (Wildman–Crippen MR) is 85.9 cm³/mol. The maximum atomic E-state index is 12.8. The first-order valence-corrected chi connectivity index (χ1v) is 7.72. The van der Waals surface area contributed by atoms with E-state index in [2.05, 4.69) is 0 Å². The standard InChI is InChI=1S/C19H19NO2/c21-18(15-9-3-1-4-10-15)17-13-7-8-14-20(17)19(22)16-11-5-2-6-12-16/h1-6,9-12,17H,7-8,13-14H2/t17-/m0/s1. The van der Waals surface area contributed by atoms with E-state index in [1.54, 1.807) is 17.0 Å². The minimum atomic E-state index is -0.344.